The number of nitrogens with zero attached hydrogens (tertiary/aromatic N) is 4. The van der Waals surface area contributed by atoms with Crippen LogP contribution in [0.5, 0.6) is 5.75 Å². The van der Waals surface area contributed by atoms with Crippen molar-refractivity contribution in [3.05, 3.63) is 113 Å². The zero-order valence-corrected chi connectivity index (χ0v) is 21.0. The number of pyridine rings is 2. The third-order valence-corrected chi connectivity index (χ3v) is 7.08. The number of benzene rings is 1. The van der Waals surface area contributed by atoms with Gasteiger partial charge in [-0.2, -0.15) is 0 Å². The number of ether oxygens (including phenoxy) is 1. The largest absolute Gasteiger partial charge is 0.497 e. The van der Waals surface area contributed by atoms with Gasteiger partial charge in [-0.3, -0.25) is 9.97 Å². The second-order valence-electron chi connectivity index (χ2n) is 8.87. The summed E-state index contributed by atoms with van der Waals surface area (Å²) in [5, 5.41) is 4.31. The number of hydrogen-bond acceptors (Lipinski definition) is 4. The highest BCUT2D eigenvalue weighted by molar-refractivity contribution is 7.80. The van der Waals surface area contributed by atoms with Gasteiger partial charge in [0.05, 0.1) is 24.9 Å². The Morgan fingerprint density at radius 3 is 2.37 bits per heavy atom. The molecule has 1 saturated heterocycles. The predicted molar refractivity (Wildman–Crippen MR) is 141 cm³/mol. The molecule has 2 atom stereocenters. The average Bonchev–Trinajstić information content (AvgIpc) is 3.36. The lowest BCUT2D eigenvalue weighted by Crippen LogP contribution is -2.29. The van der Waals surface area contributed by atoms with Crippen LogP contribution in [-0.2, 0) is 13.1 Å². The predicted octanol–water partition coefficient (Wildman–Crippen LogP) is 5.12. The highest BCUT2D eigenvalue weighted by Crippen LogP contribution is 2.41. The van der Waals surface area contributed by atoms with Crippen molar-refractivity contribution < 1.29 is 4.74 Å². The van der Waals surface area contributed by atoms with E-state index < -0.39 is 0 Å². The van der Waals surface area contributed by atoms with E-state index in [9.17, 15) is 0 Å². The summed E-state index contributed by atoms with van der Waals surface area (Å²) in [6.45, 7) is 5.86. The van der Waals surface area contributed by atoms with Crippen molar-refractivity contribution >= 4 is 17.3 Å². The summed E-state index contributed by atoms with van der Waals surface area (Å²) in [6.07, 6.45) is 5.53. The van der Waals surface area contributed by atoms with Gasteiger partial charge in [0, 0.05) is 43.1 Å². The molecule has 1 aromatic carbocycles. The number of methoxy groups -OCH3 is 1. The van der Waals surface area contributed by atoms with Gasteiger partial charge in [0.15, 0.2) is 5.11 Å². The number of aryl methyl sites for hydroxylation is 1. The first-order valence-corrected chi connectivity index (χ1v) is 12.1. The van der Waals surface area contributed by atoms with E-state index in [1.165, 1.54) is 28.1 Å². The Morgan fingerprint density at radius 1 is 0.943 bits per heavy atom. The highest BCUT2D eigenvalue weighted by Gasteiger charge is 2.41. The maximum absolute atomic E-state index is 5.88. The van der Waals surface area contributed by atoms with E-state index >= 15 is 0 Å². The van der Waals surface area contributed by atoms with Crippen LogP contribution in [0.25, 0.3) is 0 Å². The Hall–Kier alpha value is -3.71. The molecule has 0 bridgehead atoms. The van der Waals surface area contributed by atoms with Crippen molar-refractivity contribution in [3.8, 4) is 5.75 Å². The van der Waals surface area contributed by atoms with Crippen LogP contribution in [0.2, 0.25) is 0 Å². The molecule has 178 valence electrons. The Labute approximate surface area is 211 Å². The topological polar surface area (TPSA) is 55.2 Å². The van der Waals surface area contributed by atoms with Gasteiger partial charge < -0.3 is 19.5 Å². The maximum Gasteiger partial charge on any atom is 0.170 e. The molecule has 35 heavy (non-hydrogen) atoms. The van der Waals surface area contributed by atoms with Gasteiger partial charge in [-0.25, -0.2) is 0 Å². The molecule has 0 spiro atoms. The standard InChI is InChI=1S/C28H29N5OS/c1-19-16-24(20(2)32(19)17-22-11-14-29-15-12-22)27-26(25-6-4-5-13-30-25)31-28(35)33(27)18-21-7-9-23(34-3)10-8-21/h4-16,26-27H,17-18H2,1-3H3,(H,31,35)/t26-,27-/m1/s1. The zero-order chi connectivity index (χ0) is 24.4. The first-order valence-electron chi connectivity index (χ1n) is 11.7. The molecule has 0 saturated carbocycles. The summed E-state index contributed by atoms with van der Waals surface area (Å²) in [5.41, 5.74) is 7.09. The molecule has 0 amide bonds. The summed E-state index contributed by atoms with van der Waals surface area (Å²) in [7, 11) is 1.68. The number of rotatable bonds is 7. The molecule has 0 aliphatic carbocycles. The van der Waals surface area contributed by atoms with Crippen LogP contribution in [0, 0.1) is 13.8 Å². The Bertz CT molecular complexity index is 1300. The van der Waals surface area contributed by atoms with Crippen LogP contribution < -0.4 is 10.1 Å². The molecule has 0 radical (unpaired) electrons. The molecule has 1 N–H and O–H groups in total. The number of aromatic nitrogens is 3. The van der Waals surface area contributed by atoms with Gasteiger partial charge in [0.1, 0.15) is 5.75 Å². The van der Waals surface area contributed by atoms with Crippen LogP contribution in [0.3, 0.4) is 0 Å². The van der Waals surface area contributed by atoms with Crippen LogP contribution in [-0.4, -0.2) is 31.7 Å². The molecular formula is C28H29N5OS. The van der Waals surface area contributed by atoms with E-state index in [4.69, 9.17) is 17.0 Å². The monoisotopic (exact) mass is 483 g/mol. The van der Waals surface area contributed by atoms with Crippen molar-refractivity contribution in [2.45, 2.75) is 39.0 Å². The van der Waals surface area contributed by atoms with E-state index in [-0.39, 0.29) is 12.1 Å². The minimum Gasteiger partial charge on any atom is -0.497 e. The van der Waals surface area contributed by atoms with Gasteiger partial charge in [-0.15, -0.1) is 0 Å². The number of nitrogens with one attached hydrogen (secondary N) is 1. The second-order valence-corrected chi connectivity index (χ2v) is 9.26. The Balaban J connectivity index is 1.54. The van der Waals surface area contributed by atoms with Crippen LogP contribution in [0.4, 0.5) is 0 Å². The van der Waals surface area contributed by atoms with Gasteiger partial charge >= 0.3 is 0 Å². The quantitative estimate of drug-likeness (QED) is 0.368. The first-order chi connectivity index (χ1) is 17.0. The van der Waals surface area contributed by atoms with E-state index in [1.807, 2.05) is 42.9 Å². The molecule has 0 unspecified atom stereocenters. The lowest BCUT2D eigenvalue weighted by atomic mass is 9.96. The minimum atomic E-state index is -0.0446. The molecule has 4 aromatic rings. The normalized spacial score (nSPS) is 17.5. The van der Waals surface area contributed by atoms with Crippen LogP contribution >= 0.6 is 12.2 Å². The van der Waals surface area contributed by atoms with Crippen LogP contribution in [0.15, 0.2) is 79.3 Å². The zero-order valence-electron chi connectivity index (χ0n) is 20.2. The van der Waals surface area contributed by atoms with Crippen LogP contribution in [0.1, 0.15) is 45.9 Å². The third-order valence-electron chi connectivity index (χ3n) is 6.73. The Kier molecular flexibility index (Phi) is 6.51. The van der Waals surface area contributed by atoms with Crippen molar-refractivity contribution in [2.24, 2.45) is 0 Å². The fourth-order valence-electron chi connectivity index (χ4n) is 4.88. The van der Waals surface area contributed by atoms with Gasteiger partial charge in [-0.05, 0) is 85.2 Å². The fraction of sp³-hybridized carbons (Fsp3) is 0.250. The summed E-state index contributed by atoms with van der Waals surface area (Å²) < 4.78 is 7.71. The average molecular weight is 484 g/mol. The molecule has 1 aliphatic heterocycles. The minimum absolute atomic E-state index is 0.0110. The summed E-state index contributed by atoms with van der Waals surface area (Å²) in [6, 6.07) is 20.6. The third kappa shape index (κ3) is 4.64. The Morgan fingerprint density at radius 2 is 1.69 bits per heavy atom. The van der Waals surface area contributed by atoms with Gasteiger partial charge in [0.25, 0.3) is 0 Å². The summed E-state index contributed by atoms with van der Waals surface area (Å²) in [4.78, 5) is 11.1. The van der Waals surface area contributed by atoms with E-state index in [0.29, 0.717) is 6.54 Å². The van der Waals surface area contributed by atoms with Gasteiger partial charge in [-0.1, -0.05) is 18.2 Å². The highest BCUT2D eigenvalue weighted by atomic mass is 32.1. The first kappa shape index (κ1) is 23.1. The molecule has 1 fully saturated rings. The SMILES string of the molecule is COc1ccc(CN2C(=S)N[C@H](c3ccccn3)[C@H]2c2cc(C)n(Cc3ccncc3)c2C)cc1. The van der Waals surface area contributed by atoms with E-state index in [1.54, 1.807) is 7.11 Å². The van der Waals surface area contributed by atoms with Crippen molar-refractivity contribution in [1.29, 1.82) is 0 Å². The number of thiocarbonyl (C=S) groups is 1. The molecule has 3 aromatic heterocycles. The fourth-order valence-corrected chi connectivity index (χ4v) is 5.19. The lowest BCUT2D eigenvalue weighted by molar-refractivity contribution is 0.309. The maximum atomic E-state index is 5.88. The van der Waals surface area contributed by atoms with Crippen molar-refractivity contribution in [1.82, 2.24) is 24.8 Å². The molecule has 6 nitrogen and oxygen atoms in total. The smallest absolute Gasteiger partial charge is 0.170 e. The molecular weight excluding hydrogens is 454 g/mol. The van der Waals surface area contributed by atoms with Crippen molar-refractivity contribution in [3.63, 3.8) is 0 Å². The summed E-state index contributed by atoms with van der Waals surface area (Å²) >= 11 is 5.88. The summed E-state index contributed by atoms with van der Waals surface area (Å²) in [5.74, 6) is 0.846. The lowest BCUT2D eigenvalue weighted by Gasteiger charge is -2.28. The van der Waals surface area contributed by atoms with E-state index in [0.717, 1.165) is 23.1 Å². The molecule has 4 heterocycles. The molecule has 1 aliphatic rings. The van der Waals surface area contributed by atoms with E-state index in [2.05, 4.69) is 75.0 Å². The van der Waals surface area contributed by atoms with Gasteiger partial charge in [0.2, 0.25) is 0 Å². The van der Waals surface area contributed by atoms with Crippen molar-refractivity contribution in [2.75, 3.05) is 7.11 Å². The molecule has 7 heteroatoms. The number of hydrogen-bond donors (Lipinski definition) is 1. The second kappa shape index (κ2) is 9.88. The molecule has 5 rings (SSSR count).